The highest BCUT2D eigenvalue weighted by atomic mass is 16.5. The number of rotatable bonds is 12. The van der Waals surface area contributed by atoms with E-state index < -0.39 is 6.10 Å². The molecule has 0 heterocycles. The average molecular weight is 270 g/mol. The zero-order valence-corrected chi connectivity index (χ0v) is 12.9. The number of hydrogen-bond donors (Lipinski definition) is 0. The van der Waals surface area contributed by atoms with Gasteiger partial charge in [0.1, 0.15) is 0 Å². The van der Waals surface area contributed by atoms with Crippen molar-refractivity contribution in [1.29, 1.82) is 0 Å². The summed E-state index contributed by atoms with van der Waals surface area (Å²) in [6.07, 6.45) is 9.53. The van der Waals surface area contributed by atoms with Crippen LogP contribution < -0.4 is 0 Å². The molecule has 1 unspecified atom stereocenters. The van der Waals surface area contributed by atoms with E-state index in [1.807, 2.05) is 0 Å². The van der Waals surface area contributed by atoms with Crippen molar-refractivity contribution < 1.29 is 14.3 Å². The molecule has 3 nitrogen and oxygen atoms in total. The summed E-state index contributed by atoms with van der Waals surface area (Å²) in [5.41, 5.74) is 0. The van der Waals surface area contributed by atoms with E-state index in [2.05, 4.69) is 13.8 Å². The first-order valence-corrected chi connectivity index (χ1v) is 7.81. The smallest absolute Gasteiger partial charge is 0.303 e. The molecule has 3 heteroatoms. The first-order chi connectivity index (χ1) is 9.11. The van der Waals surface area contributed by atoms with Crippen LogP contribution in [0.1, 0.15) is 85.0 Å². The zero-order chi connectivity index (χ0) is 14.5. The van der Waals surface area contributed by atoms with E-state index in [1.54, 1.807) is 0 Å². The molecule has 0 spiro atoms. The molecule has 0 aromatic heterocycles. The van der Waals surface area contributed by atoms with Gasteiger partial charge in [-0.25, -0.2) is 0 Å². The lowest BCUT2D eigenvalue weighted by atomic mass is 10.0. The summed E-state index contributed by atoms with van der Waals surface area (Å²) in [6, 6.07) is 0. The van der Waals surface area contributed by atoms with E-state index in [0.29, 0.717) is 12.8 Å². The quantitative estimate of drug-likeness (QED) is 0.389. The predicted octanol–water partition coefficient (Wildman–Crippen LogP) is 4.43. The monoisotopic (exact) mass is 270 g/mol. The number of carbonyl (C=O) groups is 2. The van der Waals surface area contributed by atoms with Crippen molar-refractivity contribution in [3.63, 3.8) is 0 Å². The summed E-state index contributed by atoms with van der Waals surface area (Å²) in [4.78, 5) is 23.1. The fourth-order valence-electron chi connectivity index (χ4n) is 2.13. The summed E-state index contributed by atoms with van der Waals surface area (Å²) in [6.45, 7) is 5.67. The number of ketones is 1. The summed E-state index contributed by atoms with van der Waals surface area (Å²) >= 11 is 0. The molecule has 0 radical (unpaired) electrons. The number of hydrogen-bond acceptors (Lipinski definition) is 3. The highest BCUT2D eigenvalue weighted by Gasteiger charge is 2.20. The number of esters is 1. The van der Waals surface area contributed by atoms with Gasteiger partial charge in [0.05, 0.1) is 0 Å². The Kier molecular flexibility index (Phi) is 11.6. The third kappa shape index (κ3) is 10.7. The topological polar surface area (TPSA) is 43.4 Å². The Morgan fingerprint density at radius 3 is 2.05 bits per heavy atom. The van der Waals surface area contributed by atoms with Crippen LogP contribution in [0.25, 0.3) is 0 Å². The molecular weight excluding hydrogens is 240 g/mol. The van der Waals surface area contributed by atoms with Crippen molar-refractivity contribution in [3.8, 4) is 0 Å². The van der Waals surface area contributed by atoms with E-state index in [9.17, 15) is 9.59 Å². The second kappa shape index (κ2) is 12.2. The zero-order valence-electron chi connectivity index (χ0n) is 12.9. The maximum absolute atomic E-state index is 12.0. The predicted molar refractivity (Wildman–Crippen MR) is 78.1 cm³/mol. The van der Waals surface area contributed by atoms with Crippen LogP contribution in [0.15, 0.2) is 0 Å². The molecular formula is C16H30O3. The van der Waals surface area contributed by atoms with Gasteiger partial charge in [-0.3, -0.25) is 9.59 Å². The van der Waals surface area contributed by atoms with Crippen LogP contribution in [-0.4, -0.2) is 17.9 Å². The van der Waals surface area contributed by atoms with Gasteiger partial charge in [-0.2, -0.15) is 0 Å². The molecule has 0 amide bonds. The molecule has 0 aromatic carbocycles. The van der Waals surface area contributed by atoms with Crippen molar-refractivity contribution in [3.05, 3.63) is 0 Å². The standard InChI is InChI=1S/C16H30O3/c1-4-6-8-9-11-12-15(18)16(19-14(3)17)13-10-7-5-2/h16H,4-13H2,1-3H3. The molecule has 0 saturated carbocycles. The lowest BCUT2D eigenvalue weighted by molar-refractivity contribution is -0.153. The summed E-state index contributed by atoms with van der Waals surface area (Å²) in [5, 5.41) is 0. The van der Waals surface area contributed by atoms with E-state index in [1.165, 1.54) is 26.2 Å². The van der Waals surface area contributed by atoms with E-state index in [4.69, 9.17) is 4.74 Å². The Balaban J connectivity index is 3.96. The first kappa shape index (κ1) is 18.1. The Morgan fingerprint density at radius 1 is 0.895 bits per heavy atom. The molecule has 0 aliphatic heterocycles. The van der Waals surface area contributed by atoms with Gasteiger partial charge >= 0.3 is 5.97 Å². The third-order valence-corrected chi connectivity index (χ3v) is 3.26. The molecule has 0 aliphatic rings. The fraction of sp³-hybridized carbons (Fsp3) is 0.875. The molecule has 1 atom stereocenters. The average Bonchev–Trinajstić information content (AvgIpc) is 2.37. The highest BCUT2D eigenvalue weighted by molar-refractivity contribution is 5.85. The molecule has 0 aromatic rings. The molecule has 0 aliphatic carbocycles. The Bertz CT molecular complexity index is 248. The fourth-order valence-corrected chi connectivity index (χ4v) is 2.13. The van der Waals surface area contributed by atoms with Crippen LogP contribution in [0.2, 0.25) is 0 Å². The lowest BCUT2D eigenvalue weighted by Gasteiger charge is -2.15. The van der Waals surface area contributed by atoms with Crippen LogP contribution in [0.3, 0.4) is 0 Å². The molecule has 0 saturated heterocycles. The second-order valence-electron chi connectivity index (χ2n) is 5.22. The van der Waals surface area contributed by atoms with Crippen LogP contribution in [-0.2, 0) is 14.3 Å². The minimum absolute atomic E-state index is 0.0998. The number of ether oxygens (including phenoxy) is 1. The second-order valence-corrected chi connectivity index (χ2v) is 5.22. The van der Waals surface area contributed by atoms with Crippen LogP contribution in [0.4, 0.5) is 0 Å². The van der Waals surface area contributed by atoms with Crippen molar-refractivity contribution in [2.24, 2.45) is 0 Å². The Hall–Kier alpha value is -0.860. The highest BCUT2D eigenvalue weighted by Crippen LogP contribution is 2.13. The number of carbonyl (C=O) groups excluding carboxylic acids is 2. The van der Waals surface area contributed by atoms with E-state index in [-0.39, 0.29) is 11.8 Å². The van der Waals surface area contributed by atoms with Gasteiger partial charge in [-0.1, -0.05) is 52.4 Å². The largest absolute Gasteiger partial charge is 0.455 e. The van der Waals surface area contributed by atoms with Gasteiger partial charge in [0.25, 0.3) is 0 Å². The van der Waals surface area contributed by atoms with Crippen LogP contribution in [0, 0.1) is 0 Å². The molecule has 0 fully saturated rings. The van der Waals surface area contributed by atoms with Gasteiger partial charge in [0.15, 0.2) is 11.9 Å². The van der Waals surface area contributed by atoms with Crippen LogP contribution in [0.5, 0.6) is 0 Å². The van der Waals surface area contributed by atoms with Crippen molar-refractivity contribution in [2.45, 2.75) is 91.1 Å². The lowest BCUT2D eigenvalue weighted by Crippen LogP contribution is -2.26. The molecule has 0 rings (SSSR count). The normalized spacial score (nSPS) is 12.2. The van der Waals surface area contributed by atoms with Gasteiger partial charge in [-0.05, 0) is 19.3 Å². The Morgan fingerprint density at radius 2 is 1.47 bits per heavy atom. The molecule has 112 valence electrons. The van der Waals surface area contributed by atoms with Crippen molar-refractivity contribution >= 4 is 11.8 Å². The maximum atomic E-state index is 12.0. The van der Waals surface area contributed by atoms with Gasteiger partial charge < -0.3 is 4.74 Å². The molecule has 19 heavy (non-hydrogen) atoms. The minimum Gasteiger partial charge on any atom is -0.455 e. The maximum Gasteiger partial charge on any atom is 0.303 e. The number of Topliss-reactive ketones (excluding diaryl/α,β-unsaturated/α-hetero) is 1. The van der Waals surface area contributed by atoms with E-state index >= 15 is 0 Å². The first-order valence-electron chi connectivity index (χ1n) is 7.81. The summed E-state index contributed by atoms with van der Waals surface area (Å²) in [5.74, 6) is -0.247. The summed E-state index contributed by atoms with van der Waals surface area (Å²) in [7, 11) is 0. The minimum atomic E-state index is -0.504. The van der Waals surface area contributed by atoms with Crippen LogP contribution >= 0.6 is 0 Å². The number of unbranched alkanes of at least 4 members (excludes halogenated alkanes) is 6. The van der Waals surface area contributed by atoms with E-state index in [0.717, 1.165) is 32.1 Å². The SMILES string of the molecule is CCCCCCCC(=O)C(CCCCC)OC(C)=O. The third-order valence-electron chi connectivity index (χ3n) is 3.26. The van der Waals surface area contributed by atoms with Crippen molar-refractivity contribution in [1.82, 2.24) is 0 Å². The van der Waals surface area contributed by atoms with Gasteiger partial charge in [-0.15, -0.1) is 0 Å². The van der Waals surface area contributed by atoms with Gasteiger partial charge in [0.2, 0.25) is 0 Å². The Labute approximate surface area is 118 Å². The van der Waals surface area contributed by atoms with Gasteiger partial charge in [0, 0.05) is 13.3 Å². The molecule has 0 N–H and O–H groups in total. The van der Waals surface area contributed by atoms with Crippen molar-refractivity contribution in [2.75, 3.05) is 0 Å². The molecule has 0 bridgehead atoms. The summed E-state index contributed by atoms with van der Waals surface area (Å²) < 4.78 is 5.15.